The van der Waals surface area contributed by atoms with E-state index in [-0.39, 0.29) is 17.2 Å². The van der Waals surface area contributed by atoms with E-state index in [9.17, 15) is 9.59 Å². The molecule has 18 heavy (non-hydrogen) atoms. The molecule has 0 aromatic heterocycles. The maximum atomic E-state index is 11.0. The van der Waals surface area contributed by atoms with E-state index in [4.69, 9.17) is 0 Å². The molecular formula is C15H26O3. The van der Waals surface area contributed by atoms with Gasteiger partial charge in [0.15, 0.2) is 5.78 Å². The lowest BCUT2D eigenvalue weighted by molar-refractivity contribution is -0.141. The summed E-state index contributed by atoms with van der Waals surface area (Å²) < 4.78 is 4.64. The van der Waals surface area contributed by atoms with Crippen molar-refractivity contribution in [1.29, 1.82) is 0 Å². The Morgan fingerprint density at radius 2 is 2.00 bits per heavy atom. The second kappa shape index (κ2) is 8.06. The third-order valence-corrected chi connectivity index (χ3v) is 2.62. The van der Waals surface area contributed by atoms with Crippen LogP contribution in [-0.2, 0) is 14.3 Å². The number of carbonyl (C=O) groups excluding carboxylic acids is 2. The van der Waals surface area contributed by atoms with Gasteiger partial charge in [0.1, 0.15) is 0 Å². The zero-order valence-electron chi connectivity index (χ0n) is 12.3. The van der Waals surface area contributed by atoms with Gasteiger partial charge in [-0.3, -0.25) is 9.59 Å². The summed E-state index contributed by atoms with van der Waals surface area (Å²) in [5.74, 6) is 0.104. The van der Waals surface area contributed by atoms with Crippen molar-refractivity contribution in [2.45, 2.75) is 60.3 Å². The zero-order chi connectivity index (χ0) is 14.2. The fourth-order valence-electron chi connectivity index (χ4n) is 2.03. The van der Waals surface area contributed by atoms with Gasteiger partial charge in [-0.2, -0.15) is 0 Å². The number of unbranched alkanes of at least 4 members (excludes halogenated alkanes) is 1. The third-order valence-electron chi connectivity index (χ3n) is 2.62. The van der Waals surface area contributed by atoms with Crippen LogP contribution in [0.3, 0.4) is 0 Å². The molecule has 0 atom stereocenters. The van der Waals surface area contributed by atoms with E-state index in [2.05, 4.69) is 25.5 Å². The molecule has 1 aliphatic carbocycles. The Kier molecular flexibility index (Phi) is 7.56. The number of hydrogen-bond acceptors (Lipinski definition) is 3. The van der Waals surface area contributed by atoms with Crippen LogP contribution in [0.25, 0.3) is 0 Å². The molecule has 0 unspecified atom stereocenters. The van der Waals surface area contributed by atoms with E-state index in [1.165, 1.54) is 12.5 Å². The summed E-state index contributed by atoms with van der Waals surface area (Å²) in [6.45, 7) is 10.4. The summed E-state index contributed by atoms with van der Waals surface area (Å²) in [5.41, 5.74) is 1.43. The molecule has 0 aliphatic heterocycles. The first-order chi connectivity index (χ1) is 8.26. The average Bonchev–Trinajstić information content (AvgIpc) is 2.14. The molecule has 3 nitrogen and oxygen atoms in total. The van der Waals surface area contributed by atoms with Gasteiger partial charge in [0.25, 0.3) is 0 Å². The van der Waals surface area contributed by atoms with Gasteiger partial charge in [0, 0.05) is 13.3 Å². The summed E-state index contributed by atoms with van der Waals surface area (Å²) in [5, 5.41) is 0. The molecule has 0 amide bonds. The van der Waals surface area contributed by atoms with Crippen LogP contribution in [-0.4, -0.2) is 18.4 Å². The van der Waals surface area contributed by atoms with Gasteiger partial charge in [-0.1, -0.05) is 32.8 Å². The number of carbonyl (C=O) groups is 2. The first-order valence-electron chi connectivity index (χ1n) is 6.60. The third kappa shape index (κ3) is 8.97. The Hall–Kier alpha value is -1.12. The summed E-state index contributed by atoms with van der Waals surface area (Å²) >= 11 is 0. The monoisotopic (exact) mass is 254 g/mol. The quantitative estimate of drug-likeness (QED) is 0.570. The van der Waals surface area contributed by atoms with Gasteiger partial charge in [0.2, 0.25) is 0 Å². The maximum absolute atomic E-state index is 11.0. The maximum Gasteiger partial charge on any atom is 0.302 e. The summed E-state index contributed by atoms with van der Waals surface area (Å²) in [4.78, 5) is 21.1. The Balaban J connectivity index is 0.000000331. The predicted octanol–water partition coefficient (Wildman–Crippen LogP) is 3.67. The van der Waals surface area contributed by atoms with Crippen LogP contribution < -0.4 is 0 Å². The Morgan fingerprint density at radius 3 is 2.39 bits per heavy atom. The van der Waals surface area contributed by atoms with Crippen molar-refractivity contribution < 1.29 is 14.3 Å². The number of esters is 1. The molecule has 0 aromatic rings. The minimum absolute atomic E-state index is 0.182. The molecule has 0 fully saturated rings. The molecule has 0 heterocycles. The molecule has 0 N–H and O–H groups in total. The van der Waals surface area contributed by atoms with E-state index >= 15 is 0 Å². The number of ether oxygens (including phenoxy) is 1. The fraction of sp³-hybridized carbons (Fsp3) is 0.733. The van der Waals surface area contributed by atoms with E-state index in [1.807, 2.05) is 6.92 Å². The smallest absolute Gasteiger partial charge is 0.302 e. The lowest BCUT2D eigenvalue weighted by Gasteiger charge is -2.27. The van der Waals surface area contributed by atoms with Crippen molar-refractivity contribution in [3.63, 3.8) is 0 Å². The lowest BCUT2D eigenvalue weighted by atomic mass is 9.77. The molecule has 1 rings (SSSR count). The topological polar surface area (TPSA) is 43.4 Å². The number of hydrogen-bond donors (Lipinski definition) is 0. The minimum atomic E-state index is -0.182. The van der Waals surface area contributed by atoms with E-state index in [1.54, 1.807) is 6.08 Å². The molecule has 0 saturated heterocycles. The Labute approximate surface area is 111 Å². The number of allylic oxidation sites excluding steroid dienone is 2. The summed E-state index contributed by atoms with van der Waals surface area (Å²) in [6, 6.07) is 0. The van der Waals surface area contributed by atoms with Crippen molar-refractivity contribution in [1.82, 2.24) is 0 Å². The van der Waals surface area contributed by atoms with E-state index in [0.29, 0.717) is 13.0 Å². The second-order valence-electron chi connectivity index (χ2n) is 5.67. The highest BCUT2D eigenvalue weighted by Gasteiger charge is 2.25. The van der Waals surface area contributed by atoms with Gasteiger partial charge in [0.05, 0.1) is 6.61 Å². The zero-order valence-corrected chi connectivity index (χ0v) is 12.3. The summed E-state index contributed by atoms with van der Waals surface area (Å²) in [7, 11) is 0. The van der Waals surface area contributed by atoms with Crippen LogP contribution in [0, 0.1) is 5.41 Å². The van der Waals surface area contributed by atoms with Crippen LogP contribution in [0.5, 0.6) is 0 Å². The molecule has 0 bridgehead atoms. The normalized spacial score (nSPS) is 17.4. The molecule has 0 saturated carbocycles. The van der Waals surface area contributed by atoms with Gasteiger partial charge in [-0.05, 0) is 31.3 Å². The Bertz CT molecular complexity index is 314. The minimum Gasteiger partial charge on any atom is -0.466 e. The predicted molar refractivity (Wildman–Crippen MR) is 73.3 cm³/mol. The van der Waals surface area contributed by atoms with Crippen molar-refractivity contribution in [3.8, 4) is 0 Å². The van der Waals surface area contributed by atoms with Crippen LogP contribution >= 0.6 is 0 Å². The highest BCUT2D eigenvalue weighted by atomic mass is 16.5. The van der Waals surface area contributed by atoms with Gasteiger partial charge in [-0.15, -0.1) is 0 Å². The van der Waals surface area contributed by atoms with Crippen LogP contribution in [0.15, 0.2) is 11.6 Å². The highest BCUT2D eigenvalue weighted by Crippen LogP contribution is 2.32. The van der Waals surface area contributed by atoms with Crippen molar-refractivity contribution >= 4 is 11.8 Å². The van der Waals surface area contributed by atoms with Crippen LogP contribution in [0.2, 0.25) is 0 Å². The number of rotatable bonds is 3. The lowest BCUT2D eigenvalue weighted by Crippen LogP contribution is -2.20. The van der Waals surface area contributed by atoms with E-state index < -0.39 is 0 Å². The molecule has 1 aliphatic rings. The molecule has 0 spiro atoms. The second-order valence-corrected chi connectivity index (χ2v) is 5.67. The van der Waals surface area contributed by atoms with Gasteiger partial charge in [-0.25, -0.2) is 0 Å². The van der Waals surface area contributed by atoms with Crippen LogP contribution in [0.1, 0.15) is 60.3 Å². The highest BCUT2D eigenvalue weighted by molar-refractivity contribution is 5.91. The molecule has 0 aromatic carbocycles. The molecule has 104 valence electrons. The first-order valence-corrected chi connectivity index (χ1v) is 6.60. The summed E-state index contributed by atoms with van der Waals surface area (Å²) in [6.07, 6.45) is 5.60. The van der Waals surface area contributed by atoms with Crippen molar-refractivity contribution in [3.05, 3.63) is 11.6 Å². The molecule has 0 radical (unpaired) electrons. The average molecular weight is 254 g/mol. The van der Waals surface area contributed by atoms with Gasteiger partial charge < -0.3 is 4.74 Å². The van der Waals surface area contributed by atoms with Crippen molar-refractivity contribution in [2.75, 3.05) is 6.61 Å². The molecule has 3 heteroatoms. The largest absolute Gasteiger partial charge is 0.466 e. The molecular weight excluding hydrogens is 228 g/mol. The van der Waals surface area contributed by atoms with E-state index in [0.717, 1.165) is 19.3 Å². The number of ketones is 1. The fourth-order valence-corrected chi connectivity index (χ4v) is 2.03. The van der Waals surface area contributed by atoms with Crippen molar-refractivity contribution in [2.24, 2.45) is 5.41 Å². The SMILES string of the molecule is CC1=CC(=O)CC(C)(C)C1.CCCCOC(C)=O. The van der Waals surface area contributed by atoms with Gasteiger partial charge >= 0.3 is 5.97 Å². The first kappa shape index (κ1) is 16.9. The Morgan fingerprint density at radius 1 is 1.39 bits per heavy atom. The standard InChI is InChI=1S/C9H14O.C6H12O2/c1-7-4-8(10)6-9(2,3)5-7;1-3-4-5-8-6(2)7/h4H,5-6H2,1-3H3;3-5H2,1-2H3. The van der Waals surface area contributed by atoms with Crippen LogP contribution in [0.4, 0.5) is 0 Å².